The molecular weight excluding hydrogens is 262 g/mol. The van der Waals surface area contributed by atoms with Crippen molar-refractivity contribution in [2.24, 2.45) is 5.73 Å². The summed E-state index contributed by atoms with van der Waals surface area (Å²) in [5.41, 5.74) is 6.45. The first-order valence-electron chi connectivity index (χ1n) is 8.45. The fourth-order valence-electron chi connectivity index (χ4n) is 4.00. The summed E-state index contributed by atoms with van der Waals surface area (Å²) < 4.78 is 2.28. The Morgan fingerprint density at radius 3 is 2.95 bits per heavy atom. The van der Waals surface area contributed by atoms with E-state index in [1.54, 1.807) is 0 Å². The van der Waals surface area contributed by atoms with Crippen molar-refractivity contribution < 1.29 is 0 Å². The Labute approximate surface area is 128 Å². The van der Waals surface area contributed by atoms with Crippen molar-refractivity contribution in [1.29, 1.82) is 0 Å². The zero-order valence-electron chi connectivity index (χ0n) is 13.3. The van der Waals surface area contributed by atoms with Crippen LogP contribution in [0.4, 0.5) is 0 Å². The normalized spacial score (nSPS) is 28.3. The van der Waals surface area contributed by atoms with E-state index in [0.29, 0.717) is 0 Å². The van der Waals surface area contributed by atoms with Crippen LogP contribution < -0.4 is 5.73 Å². The predicted molar refractivity (Wildman–Crippen MR) is 85.0 cm³/mol. The van der Waals surface area contributed by atoms with Crippen molar-refractivity contribution in [2.45, 2.75) is 51.2 Å². The summed E-state index contributed by atoms with van der Waals surface area (Å²) in [6.07, 6.45) is 8.95. The summed E-state index contributed by atoms with van der Waals surface area (Å²) in [4.78, 5) is 9.73. The molecule has 5 nitrogen and oxygen atoms in total. The maximum Gasteiger partial charge on any atom is 0.122 e. The van der Waals surface area contributed by atoms with Gasteiger partial charge in [0.25, 0.3) is 0 Å². The Hall–Kier alpha value is -0.910. The third-order valence-corrected chi connectivity index (χ3v) is 5.35. The summed E-state index contributed by atoms with van der Waals surface area (Å²) in [6.45, 7) is 9.81. The van der Waals surface area contributed by atoms with Crippen molar-refractivity contribution >= 4 is 0 Å². The smallest absolute Gasteiger partial charge is 0.122 e. The summed E-state index contributed by atoms with van der Waals surface area (Å²) in [7, 11) is 0. The maximum absolute atomic E-state index is 6.27. The summed E-state index contributed by atoms with van der Waals surface area (Å²) in [5.74, 6) is 1.20. The highest BCUT2D eigenvalue weighted by atomic mass is 15.3. The van der Waals surface area contributed by atoms with E-state index in [4.69, 9.17) is 5.73 Å². The van der Waals surface area contributed by atoms with Crippen LogP contribution in [0.15, 0.2) is 12.4 Å². The van der Waals surface area contributed by atoms with Crippen molar-refractivity contribution in [3.05, 3.63) is 18.2 Å². The molecule has 2 N–H and O–H groups in total. The first-order valence-corrected chi connectivity index (χ1v) is 8.45. The lowest BCUT2D eigenvalue weighted by Gasteiger charge is -2.45. The lowest BCUT2D eigenvalue weighted by atomic mass is 9.88. The van der Waals surface area contributed by atoms with Gasteiger partial charge in [-0.2, -0.15) is 0 Å². The molecule has 0 spiro atoms. The fourth-order valence-corrected chi connectivity index (χ4v) is 4.00. The quantitative estimate of drug-likeness (QED) is 0.908. The SMILES string of the molecule is CCCN1CCCC(CN)(N2CCn3ccnc3C2)CC1. The van der Waals surface area contributed by atoms with E-state index in [-0.39, 0.29) is 5.54 Å². The van der Waals surface area contributed by atoms with Gasteiger partial charge < -0.3 is 15.2 Å². The predicted octanol–water partition coefficient (Wildman–Crippen LogP) is 1.29. The number of likely N-dealkylation sites (tertiary alicyclic amines) is 1. The third kappa shape index (κ3) is 3.00. The zero-order valence-corrected chi connectivity index (χ0v) is 13.3. The Bertz CT molecular complexity index is 457. The van der Waals surface area contributed by atoms with Crippen LogP contribution >= 0.6 is 0 Å². The number of aromatic nitrogens is 2. The molecule has 0 amide bonds. The summed E-state index contributed by atoms with van der Waals surface area (Å²) in [6, 6.07) is 0. The molecule has 5 heteroatoms. The average molecular weight is 291 g/mol. The number of nitrogens with zero attached hydrogens (tertiary/aromatic N) is 4. The third-order valence-electron chi connectivity index (χ3n) is 5.35. The van der Waals surface area contributed by atoms with Crippen LogP contribution in [0.3, 0.4) is 0 Å². The molecule has 1 unspecified atom stereocenters. The summed E-state index contributed by atoms with van der Waals surface area (Å²) >= 11 is 0. The molecule has 0 aromatic carbocycles. The van der Waals surface area contributed by atoms with Crippen molar-refractivity contribution in [3.63, 3.8) is 0 Å². The number of nitrogens with two attached hydrogens (primary N) is 1. The van der Waals surface area contributed by atoms with Gasteiger partial charge in [-0.3, -0.25) is 4.90 Å². The molecule has 0 aliphatic carbocycles. The van der Waals surface area contributed by atoms with E-state index in [1.165, 1.54) is 51.1 Å². The molecule has 118 valence electrons. The molecule has 1 fully saturated rings. The molecule has 1 atom stereocenters. The van der Waals surface area contributed by atoms with Gasteiger partial charge in [-0.25, -0.2) is 4.98 Å². The minimum Gasteiger partial charge on any atom is -0.333 e. The lowest BCUT2D eigenvalue weighted by Crippen LogP contribution is -2.56. The van der Waals surface area contributed by atoms with Gasteiger partial charge in [0.15, 0.2) is 0 Å². The first kappa shape index (κ1) is 15.0. The van der Waals surface area contributed by atoms with Crippen molar-refractivity contribution in [3.8, 4) is 0 Å². The average Bonchev–Trinajstić information content (AvgIpc) is 2.88. The number of rotatable bonds is 4. The highest BCUT2D eigenvalue weighted by molar-refractivity contribution is 5.02. The van der Waals surface area contributed by atoms with E-state index in [1.807, 2.05) is 6.20 Å². The fraction of sp³-hybridized carbons (Fsp3) is 0.812. The van der Waals surface area contributed by atoms with E-state index >= 15 is 0 Å². The van der Waals surface area contributed by atoms with Gasteiger partial charge in [0.1, 0.15) is 5.82 Å². The van der Waals surface area contributed by atoms with Crippen molar-refractivity contribution in [1.82, 2.24) is 19.4 Å². The highest BCUT2D eigenvalue weighted by Gasteiger charge is 2.38. The first-order chi connectivity index (χ1) is 10.3. The molecule has 1 saturated heterocycles. The molecule has 1 aromatic rings. The van der Waals surface area contributed by atoms with E-state index in [9.17, 15) is 0 Å². The number of hydrogen-bond donors (Lipinski definition) is 1. The highest BCUT2D eigenvalue weighted by Crippen LogP contribution is 2.31. The largest absolute Gasteiger partial charge is 0.333 e. The Kier molecular flexibility index (Phi) is 4.62. The number of imidazole rings is 1. The monoisotopic (exact) mass is 291 g/mol. The molecule has 2 aliphatic heterocycles. The van der Waals surface area contributed by atoms with Crippen LogP contribution in [0.5, 0.6) is 0 Å². The minimum absolute atomic E-state index is 0.180. The van der Waals surface area contributed by atoms with E-state index in [2.05, 4.69) is 32.5 Å². The number of fused-ring (bicyclic) bond motifs is 1. The second-order valence-electron chi connectivity index (χ2n) is 6.58. The van der Waals surface area contributed by atoms with Crippen molar-refractivity contribution in [2.75, 3.05) is 32.7 Å². The molecule has 0 radical (unpaired) electrons. The van der Waals surface area contributed by atoms with Gasteiger partial charge in [0, 0.05) is 37.6 Å². The second-order valence-corrected chi connectivity index (χ2v) is 6.58. The van der Waals surface area contributed by atoms with E-state index < -0.39 is 0 Å². The molecule has 0 saturated carbocycles. The summed E-state index contributed by atoms with van der Waals surface area (Å²) in [5, 5.41) is 0. The van der Waals surface area contributed by atoms with Crippen LogP contribution in [0.2, 0.25) is 0 Å². The molecule has 3 rings (SSSR count). The second kappa shape index (κ2) is 6.46. The lowest BCUT2D eigenvalue weighted by molar-refractivity contribution is 0.0499. The molecule has 1 aromatic heterocycles. The number of hydrogen-bond acceptors (Lipinski definition) is 4. The van der Waals surface area contributed by atoms with Crippen LogP contribution in [0, 0.1) is 0 Å². The van der Waals surface area contributed by atoms with Gasteiger partial charge in [-0.05, 0) is 45.3 Å². The Balaban J connectivity index is 1.72. The van der Waals surface area contributed by atoms with Gasteiger partial charge in [-0.1, -0.05) is 6.92 Å². The minimum atomic E-state index is 0.180. The van der Waals surface area contributed by atoms with Gasteiger partial charge in [-0.15, -0.1) is 0 Å². The van der Waals surface area contributed by atoms with Gasteiger partial charge in [0.05, 0.1) is 6.54 Å². The molecule has 0 bridgehead atoms. The van der Waals surface area contributed by atoms with Crippen LogP contribution in [-0.4, -0.2) is 57.6 Å². The molecule has 2 aliphatic rings. The van der Waals surface area contributed by atoms with Gasteiger partial charge >= 0.3 is 0 Å². The standard InChI is InChI=1S/C16H29N5/c1-2-7-19-8-3-4-16(14-17,5-9-19)21-12-11-20-10-6-18-15(20)13-21/h6,10H,2-5,7-9,11-14,17H2,1H3. The molecule has 21 heavy (non-hydrogen) atoms. The zero-order chi connectivity index (χ0) is 14.7. The molecule has 3 heterocycles. The van der Waals surface area contributed by atoms with E-state index in [0.717, 1.165) is 26.2 Å². The maximum atomic E-state index is 6.27. The van der Waals surface area contributed by atoms with Crippen LogP contribution in [0.1, 0.15) is 38.4 Å². The van der Waals surface area contributed by atoms with Crippen LogP contribution in [-0.2, 0) is 13.1 Å². The topological polar surface area (TPSA) is 50.3 Å². The van der Waals surface area contributed by atoms with Crippen LogP contribution in [0.25, 0.3) is 0 Å². The van der Waals surface area contributed by atoms with Gasteiger partial charge in [0.2, 0.25) is 0 Å². The Morgan fingerprint density at radius 1 is 1.24 bits per heavy atom. The Morgan fingerprint density at radius 2 is 2.14 bits per heavy atom. The molecular formula is C16H29N5.